The molecular formula is C51H29N3S3. The summed E-state index contributed by atoms with van der Waals surface area (Å²) in [5.41, 5.74) is 7.88. The van der Waals surface area contributed by atoms with E-state index < -0.39 is 0 Å². The number of nitrogens with zero attached hydrogens (tertiary/aromatic N) is 3. The number of benzene rings is 8. The van der Waals surface area contributed by atoms with Gasteiger partial charge in [-0.05, 0) is 65.2 Å². The SMILES string of the molecule is c1ccc(-c2nc(-c3ccccc3)nc(-c3cccc4c3sc3cc(-c5cc(-c6ccc7sc8ccccc8c7c6)c6sc7ccccc7c6c5)ccc34)n2)cc1. The van der Waals surface area contributed by atoms with Gasteiger partial charge in [-0.1, -0.05) is 127 Å². The zero-order chi connectivity index (χ0) is 37.5. The fraction of sp³-hybridized carbons (Fsp3) is 0. The zero-order valence-corrected chi connectivity index (χ0v) is 32.8. The molecule has 6 heteroatoms. The van der Waals surface area contributed by atoms with Gasteiger partial charge in [0.25, 0.3) is 0 Å². The van der Waals surface area contributed by atoms with Gasteiger partial charge in [-0.15, -0.1) is 34.0 Å². The maximum absolute atomic E-state index is 5.09. The van der Waals surface area contributed by atoms with E-state index in [2.05, 4.69) is 140 Å². The van der Waals surface area contributed by atoms with E-state index in [0.29, 0.717) is 17.5 Å². The second-order valence-corrected chi connectivity index (χ2v) is 17.5. The lowest BCUT2D eigenvalue weighted by atomic mass is 9.95. The molecule has 0 saturated heterocycles. The van der Waals surface area contributed by atoms with Crippen LogP contribution in [0.3, 0.4) is 0 Å². The van der Waals surface area contributed by atoms with Crippen molar-refractivity contribution < 1.29 is 0 Å². The van der Waals surface area contributed by atoms with Gasteiger partial charge in [0, 0.05) is 82.8 Å². The summed E-state index contributed by atoms with van der Waals surface area (Å²) in [7, 11) is 0. The van der Waals surface area contributed by atoms with Crippen LogP contribution in [-0.4, -0.2) is 15.0 Å². The van der Waals surface area contributed by atoms with Crippen LogP contribution in [0.15, 0.2) is 176 Å². The predicted molar refractivity (Wildman–Crippen MR) is 246 cm³/mol. The van der Waals surface area contributed by atoms with Crippen molar-refractivity contribution >= 4 is 94.5 Å². The summed E-state index contributed by atoms with van der Waals surface area (Å²) >= 11 is 5.57. The van der Waals surface area contributed by atoms with E-state index in [0.717, 1.165) is 16.7 Å². The highest BCUT2D eigenvalue weighted by atomic mass is 32.1. The third-order valence-electron chi connectivity index (χ3n) is 10.9. The molecule has 0 unspecified atom stereocenters. The molecule has 0 spiro atoms. The molecule has 0 bridgehead atoms. The van der Waals surface area contributed by atoms with Crippen LogP contribution in [0.4, 0.5) is 0 Å². The van der Waals surface area contributed by atoms with Gasteiger partial charge in [0.2, 0.25) is 0 Å². The molecule has 266 valence electrons. The summed E-state index contributed by atoms with van der Waals surface area (Å²) in [6.45, 7) is 0. The minimum absolute atomic E-state index is 0.665. The highest BCUT2D eigenvalue weighted by Gasteiger charge is 2.19. The number of fused-ring (bicyclic) bond motifs is 9. The fourth-order valence-corrected chi connectivity index (χ4v) is 11.7. The maximum Gasteiger partial charge on any atom is 0.165 e. The van der Waals surface area contributed by atoms with Gasteiger partial charge in [0.1, 0.15) is 0 Å². The Hall–Kier alpha value is -6.57. The fourth-order valence-electron chi connectivity index (χ4n) is 8.18. The molecule has 0 aliphatic rings. The van der Waals surface area contributed by atoms with Gasteiger partial charge >= 0.3 is 0 Å². The average molecular weight is 780 g/mol. The third kappa shape index (κ3) is 5.41. The Morgan fingerprint density at radius 1 is 0.263 bits per heavy atom. The molecule has 0 atom stereocenters. The Kier molecular flexibility index (Phi) is 7.45. The van der Waals surface area contributed by atoms with Crippen LogP contribution in [0, 0.1) is 0 Å². The van der Waals surface area contributed by atoms with Crippen molar-refractivity contribution in [2.24, 2.45) is 0 Å². The highest BCUT2D eigenvalue weighted by Crippen LogP contribution is 2.46. The number of aromatic nitrogens is 3. The standard InChI is InChI=1S/C51H29N3S3/c1-3-12-30(13-4-1)49-52-50(31-14-5-2-6-15-31)54-51(53-49)39-19-11-18-38-37-24-22-32(29-46(37)57-47(38)39)34-27-40(48-42(28-34)36-17-8-10-21-44(36)56-48)33-23-25-45-41(26-33)35-16-7-9-20-43(35)55-45/h1-29H. The molecule has 4 heterocycles. The van der Waals surface area contributed by atoms with E-state index in [4.69, 9.17) is 15.0 Å². The summed E-state index contributed by atoms with van der Waals surface area (Å²) in [5.74, 6) is 2.01. The van der Waals surface area contributed by atoms with Crippen molar-refractivity contribution in [1.82, 2.24) is 15.0 Å². The van der Waals surface area contributed by atoms with Gasteiger partial charge in [-0.2, -0.15) is 0 Å². The Labute approximate surface area is 339 Å². The van der Waals surface area contributed by atoms with E-state index in [1.807, 2.05) is 70.4 Å². The van der Waals surface area contributed by atoms with Crippen LogP contribution in [-0.2, 0) is 0 Å². The first-order valence-corrected chi connectivity index (χ1v) is 21.4. The molecule has 12 aromatic rings. The molecule has 0 radical (unpaired) electrons. The van der Waals surface area contributed by atoms with Crippen molar-refractivity contribution in [2.45, 2.75) is 0 Å². The largest absolute Gasteiger partial charge is 0.208 e. The van der Waals surface area contributed by atoms with Gasteiger partial charge < -0.3 is 0 Å². The molecule has 0 N–H and O–H groups in total. The van der Waals surface area contributed by atoms with Crippen molar-refractivity contribution in [2.75, 3.05) is 0 Å². The Bertz CT molecular complexity index is 3470. The van der Waals surface area contributed by atoms with Crippen molar-refractivity contribution in [3.8, 4) is 56.4 Å². The Morgan fingerprint density at radius 2 is 0.807 bits per heavy atom. The lowest BCUT2D eigenvalue weighted by molar-refractivity contribution is 1.08. The van der Waals surface area contributed by atoms with Crippen LogP contribution in [0.1, 0.15) is 0 Å². The van der Waals surface area contributed by atoms with Gasteiger partial charge in [-0.3, -0.25) is 0 Å². The zero-order valence-electron chi connectivity index (χ0n) is 30.3. The third-order valence-corrected chi connectivity index (χ3v) is 14.5. The van der Waals surface area contributed by atoms with Gasteiger partial charge in [0.15, 0.2) is 17.5 Å². The summed E-state index contributed by atoms with van der Waals surface area (Å²) in [5, 5.41) is 7.69. The first-order chi connectivity index (χ1) is 28.2. The topological polar surface area (TPSA) is 38.7 Å². The molecule has 12 rings (SSSR count). The maximum atomic E-state index is 5.09. The molecule has 4 aromatic heterocycles. The van der Waals surface area contributed by atoms with Crippen molar-refractivity contribution in [3.05, 3.63) is 176 Å². The van der Waals surface area contributed by atoms with E-state index in [1.165, 1.54) is 82.8 Å². The lowest BCUT2D eigenvalue weighted by Gasteiger charge is -2.10. The second kappa shape index (κ2) is 13.0. The van der Waals surface area contributed by atoms with Crippen LogP contribution >= 0.6 is 34.0 Å². The molecule has 0 saturated carbocycles. The molecule has 3 nitrogen and oxygen atoms in total. The van der Waals surface area contributed by atoms with Crippen LogP contribution in [0.25, 0.3) is 117 Å². The Balaban J connectivity index is 1.03. The minimum Gasteiger partial charge on any atom is -0.208 e. The molecule has 57 heavy (non-hydrogen) atoms. The number of rotatable bonds is 5. The molecule has 0 fully saturated rings. The predicted octanol–water partition coefficient (Wildman–Crippen LogP) is 15.3. The van der Waals surface area contributed by atoms with Crippen LogP contribution < -0.4 is 0 Å². The van der Waals surface area contributed by atoms with E-state index in [1.54, 1.807) is 0 Å². The second-order valence-electron chi connectivity index (χ2n) is 14.3. The summed E-state index contributed by atoms with van der Waals surface area (Å²) in [4.78, 5) is 15.1. The normalized spacial score (nSPS) is 11.9. The van der Waals surface area contributed by atoms with Crippen LogP contribution in [0.5, 0.6) is 0 Å². The average Bonchev–Trinajstić information content (AvgIpc) is 3.97. The quantitative estimate of drug-likeness (QED) is 0.175. The van der Waals surface area contributed by atoms with Gasteiger partial charge in [-0.25, -0.2) is 15.0 Å². The minimum atomic E-state index is 0.665. The first kappa shape index (κ1) is 32.7. The van der Waals surface area contributed by atoms with Crippen molar-refractivity contribution in [1.29, 1.82) is 0 Å². The number of thiophene rings is 3. The summed E-state index contributed by atoms with van der Waals surface area (Å²) < 4.78 is 7.69. The molecular weight excluding hydrogens is 751 g/mol. The van der Waals surface area contributed by atoms with E-state index >= 15 is 0 Å². The molecule has 0 aliphatic heterocycles. The van der Waals surface area contributed by atoms with Crippen LogP contribution in [0.2, 0.25) is 0 Å². The number of hydrogen-bond acceptors (Lipinski definition) is 6. The smallest absolute Gasteiger partial charge is 0.165 e. The van der Waals surface area contributed by atoms with E-state index in [9.17, 15) is 0 Å². The lowest BCUT2D eigenvalue weighted by Crippen LogP contribution is -2.00. The summed E-state index contributed by atoms with van der Waals surface area (Å²) in [6.07, 6.45) is 0. The number of hydrogen-bond donors (Lipinski definition) is 0. The van der Waals surface area contributed by atoms with Gasteiger partial charge in [0.05, 0.1) is 0 Å². The molecule has 8 aromatic carbocycles. The molecule has 0 amide bonds. The monoisotopic (exact) mass is 779 g/mol. The highest BCUT2D eigenvalue weighted by molar-refractivity contribution is 7.27. The first-order valence-electron chi connectivity index (χ1n) is 18.9. The Morgan fingerprint density at radius 3 is 1.56 bits per heavy atom. The van der Waals surface area contributed by atoms with E-state index in [-0.39, 0.29) is 0 Å². The van der Waals surface area contributed by atoms with Crippen molar-refractivity contribution in [3.63, 3.8) is 0 Å². The molecule has 0 aliphatic carbocycles. The summed E-state index contributed by atoms with van der Waals surface area (Å²) in [6, 6.07) is 63.2.